The average molecular weight is 298 g/mol. The Bertz CT molecular complexity index is 420. The van der Waals surface area contributed by atoms with Gasteiger partial charge in [-0.3, -0.25) is 0 Å². The van der Waals surface area contributed by atoms with Gasteiger partial charge in [0.05, 0.1) is 5.69 Å². The van der Waals surface area contributed by atoms with Gasteiger partial charge in [0.25, 0.3) is 0 Å². The summed E-state index contributed by atoms with van der Waals surface area (Å²) in [6.07, 6.45) is 1.82. The molecular weight excluding hydrogens is 272 g/mol. The van der Waals surface area contributed by atoms with Crippen LogP contribution in [0.2, 0.25) is 0 Å². The summed E-state index contributed by atoms with van der Waals surface area (Å²) in [6, 6.07) is 0. The molecule has 0 aromatic carbocycles. The Hall–Kier alpha value is -0.490. The first-order valence-electron chi connectivity index (χ1n) is 7.49. The highest BCUT2D eigenvalue weighted by Gasteiger charge is 2.39. The van der Waals surface area contributed by atoms with Crippen LogP contribution in [0.25, 0.3) is 0 Å². The van der Waals surface area contributed by atoms with Gasteiger partial charge in [0.15, 0.2) is 0 Å². The van der Waals surface area contributed by atoms with Crippen LogP contribution in [0, 0.1) is 0 Å². The zero-order valence-electron chi connectivity index (χ0n) is 13.0. The van der Waals surface area contributed by atoms with E-state index < -0.39 is 0 Å². The van der Waals surface area contributed by atoms with E-state index >= 15 is 0 Å². The molecule has 1 aromatic rings. The lowest BCUT2D eigenvalue weighted by molar-refractivity contribution is -0.112. The van der Waals surface area contributed by atoms with Crippen molar-refractivity contribution in [1.82, 2.24) is 10.3 Å². The van der Waals surface area contributed by atoms with Crippen molar-refractivity contribution in [2.75, 3.05) is 26.9 Å². The topological polar surface area (TPSA) is 43.4 Å². The number of nitrogens with zero attached hydrogens (tertiary/aromatic N) is 1. The zero-order chi connectivity index (χ0) is 14.6. The predicted molar refractivity (Wildman–Crippen MR) is 82.3 cm³/mol. The van der Waals surface area contributed by atoms with E-state index in [1.807, 2.05) is 7.05 Å². The molecule has 1 fully saturated rings. The molecule has 0 amide bonds. The van der Waals surface area contributed by atoms with Gasteiger partial charge in [0.1, 0.15) is 10.6 Å². The maximum absolute atomic E-state index is 6.13. The second kappa shape index (κ2) is 6.98. The quantitative estimate of drug-likeness (QED) is 0.876. The smallest absolute Gasteiger partial charge is 0.125 e. The minimum absolute atomic E-state index is 0.229. The first kappa shape index (κ1) is 15.9. The fourth-order valence-electron chi connectivity index (χ4n) is 2.69. The summed E-state index contributed by atoms with van der Waals surface area (Å²) in [7, 11) is 1.98. The summed E-state index contributed by atoms with van der Waals surface area (Å²) in [5.41, 5.74) is 0.984. The third-order valence-corrected chi connectivity index (χ3v) is 4.98. The van der Waals surface area contributed by atoms with Crippen LogP contribution in [-0.4, -0.2) is 31.9 Å². The Morgan fingerprint density at radius 2 is 2.10 bits per heavy atom. The van der Waals surface area contributed by atoms with Crippen LogP contribution in [0.15, 0.2) is 0 Å². The van der Waals surface area contributed by atoms with Gasteiger partial charge in [-0.05, 0) is 19.9 Å². The lowest BCUT2D eigenvalue weighted by atomic mass is 9.94. The van der Waals surface area contributed by atoms with E-state index in [1.54, 1.807) is 11.3 Å². The Morgan fingerprint density at radius 3 is 2.65 bits per heavy atom. The molecule has 5 heteroatoms. The van der Waals surface area contributed by atoms with Crippen molar-refractivity contribution < 1.29 is 9.47 Å². The minimum Gasteiger partial charge on any atom is -0.381 e. The largest absolute Gasteiger partial charge is 0.381 e. The molecule has 1 saturated heterocycles. The fraction of sp³-hybridized carbons (Fsp3) is 0.800. The highest BCUT2D eigenvalue weighted by Crippen LogP contribution is 2.40. The lowest BCUT2D eigenvalue weighted by Crippen LogP contribution is -2.36. The molecule has 20 heavy (non-hydrogen) atoms. The first-order valence-corrected chi connectivity index (χ1v) is 8.31. The number of nitrogens with one attached hydrogen (secondary N) is 1. The van der Waals surface area contributed by atoms with E-state index in [-0.39, 0.29) is 5.60 Å². The normalized spacial score (nSPS) is 18.6. The van der Waals surface area contributed by atoms with Gasteiger partial charge in [-0.25, -0.2) is 4.98 Å². The van der Waals surface area contributed by atoms with E-state index in [1.165, 1.54) is 10.6 Å². The molecule has 1 aliphatic heterocycles. The van der Waals surface area contributed by atoms with Crippen LogP contribution in [0.4, 0.5) is 0 Å². The number of thiazole rings is 1. The maximum Gasteiger partial charge on any atom is 0.125 e. The molecule has 0 bridgehead atoms. The number of hydrogen-bond acceptors (Lipinski definition) is 5. The van der Waals surface area contributed by atoms with Crippen molar-refractivity contribution in [1.29, 1.82) is 0 Å². The molecule has 2 heterocycles. The molecule has 4 nitrogen and oxygen atoms in total. The molecule has 0 spiro atoms. The molecule has 1 N–H and O–H groups in total. The summed E-state index contributed by atoms with van der Waals surface area (Å²) in [4.78, 5) is 6.28. The molecule has 2 rings (SSSR count). The van der Waals surface area contributed by atoms with E-state index in [0.717, 1.165) is 44.2 Å². The number of hydrogen-bond donors (Lipinski definition) is 1. The average Bonchev–Trinajstić information content (AvgIpc) is 2.85. The van der Waals surface area contributed by atoms with Crippen LogP contribution < -0.4 is 5.32 Å². The molecule has 1 aromatic heterocycles. The van der Waals surface area contributed by atoms with Crippen LogP contribution >= 0.6 is 11.3 Å². The summed E-state index contributed by atoms with van der Waals surface area (Å²) in [5.74, 6) is 0.446. The van der Waals surface area contributed by atoms with Crippen molar-refractivity contribution in [3.63, 3.8) is 0 Å². The van der Waals surface area contributed by atoms with E-state index in [9.17, 15) is 0 Å². The summed E-state index contributed by atoms with van der Waals surface area (Å²) < 4.78 is 11.6. The van der Waals surface area contributed by atoms with Crippen molar-refractivity contribution in [3.8, 4) is 0 Å². The fourth-order valence-corrected chi connectivity index (χ4v) is 4.12. The Morgan fingerprint density at radius 1 is 1.40 bits per heavy atom. The zero-order valence-corrected chi connectivity index (χ0v) is 13.8. The standard InChI is InChI=1S/C15H26N2O2S/c1-5-19-15(6-8-18-9-7-15)14-17-13(11(2)3)12(20-14)10-16-4/h11,16H,5-10H2,1-4H3. The summed E-state index contributed by atoms with van der Waals surface area (Å²) in [6.45, 7) is 9.59. The van der Waals surface area contributed by atoms with Gasteiger partial charge in [-0.2, -0.15) is 0 Å². The monoisotopic (exact) mass is 298 g/mol. The highest BCUT2D eigenvalue weighted by atomic mass is 32.1. The van der Waals surface area contributed by atoms with Crippen LogP contribution in [0.1, 0.15) is 55.1 Å². The molecule has 0 aliphatic carbocycles. The van der Waals surface area contributed by atoms with Gasteiger partial charge < -0.3 is 14.8 Å². The van der Waals surface area contributed by atoms with Gasteiger partial charge in [-0.15, -0.1) is 11.3 Å². The van der Waals surface area contributed by atoms with E-state index in [2.05, 4.69) is 26.1 Å². The Balaban J connectivity index is 2.35. The van der Waals surface area contributed by atoms with Gasteiger partial charge >= 0.3 is 0 Å². The molecule has 114 valence electrons. The SMILES string of the molecule is CCOC1(c2nc(C(C)C)c(CNC)s2)CCOCC1. The molecular formula is C15H26N2O2S. The number of rotatable bonds is 6. The minimum atomic E-state index is -0.229. The molecule has 1 aliphatic rings. The third-order valence-electron chi connectivity index (χ3n) is 3.72. The van der Waals surface area contributed by atoms with Crippen molar-refractivity contribution >= 4 is 11.3 Å². The van der Waals surface area contributed by atoms with Crippen molar-refractivity contribution in [2.24, 2.45) is 0 Å². The summed E-state index contributed by atoms with van der Waals surface area (Å²) in [5, 5.41) is 4.38. The van der Waals surface area contributed by atoms with Crippen molar-refractivity contribution in [2.45, 2.75) is 51.7 Å². The lowest BCUT2D eigenvalue weighted by Gasteiger charge is -2.35. The van der Waals surface area contributed by atoms with Crippen LogP contribution in [0.3, 0.4) is 0 Å². The van der Waals surface area contributed by atoms with Crippen LogP contribution in [0.5, 0.6) is 0 Å². The summed E-state index contributed by atoms with van der Waals surface area (Å²) >= 11 is 1.80. The van der Waals surface area contributed by atoms with E-state index in [4.69, 9.17) is 14.5 Å². The maximum atomic E-state index is 6.13. The Kier molecular flexibility index (Phi) is 5.55. The van der Waals surface area contributed by atoms with Crippen LogP contribution in [-0.2, 0) is 21.6 Å². The highest BCUT2D eigenvalue weighted by molar-refractivity contribution is 7.11. The molecule has 0 unspecified atom stereocenters. The number of aromatic nitrogens is 1. The number of ether oxygens (including phenoxy) is 2. The predicted octanol–water partition coefficient (Wildman–Crippen LogP) is 3.03. The Labute approximate surface area is 125 Å². The van der Waals surface area contributed by atoms with Gasteiger partial charge in [0, 0.05) is 44.1 Å². The molecule has 0 atom stereocenters. The third kappa shape index (κ3) is 3.22. The molecule has 0 saturated carbocycles. The second-order valence-corrected chi connectivity index (χ2v) is 6.64. The second-order valence-electron chi connectivity index (χ2n) is 5.55. The first-order chi connectivity index (χ1) is 9.63. The molecule has 0 radical (unpaired) electrons. The van der Waals surface area contributed by atoms with Crippen molar-refractivity contribution in [3.05, 3.63) is 15.6 Å². The van der Waals surface area contributed by atoms with Gasteiger partial charge in [0.2, 0.25) is 0 Å². The van der Waals surface area contributed by atoms with Gasteiger partial charge in [-0.1, -0.05) is 13.8 Å². The van der Waals surface area contributed by atoms with E-state index in [0.29, 0.717) is 5.92 Å².